The van der Waals surface area contributed by atoms with Crippen LogP contribution in [0.25, 0.3) is 11.1 Å². The van der Waals surface area contributed by atoms with Gasteiger partial charge in [-0.2, -0.15) is 0 Å². The average molecular weight is 261 g/mol. The molecule has 0 saturated carbocycles. The summed E-state index contributed by atoms with van der Waals surface area (Å²) in [5, 5.41) is 0. The molecule has 0 nitrogen and oxygen atoms in total. The largest absolute Gasteiger partial charge is 0.0620 e. The first kappa shape index (κ1) is 10.4. The molecule has 2 rings (SSSR count). The van der Waals surface area contributed by atoms with E-state index in [-0.39, 0.29) is 0 Å². The van der Waals surface area contributed by atoms with Gasteiger partial charge in [0.2, 0.25) is 0 Å². The molecule has 0 saturated heterocycles. The second kappa shape index (κ2) is 4.19. The summed E-state index contributed by atoms with van der Waals surface area (Å²) in [5.41, 5.74) is 5.14. The number of benzene rings is 2. The molecule has 0 bridgehead atoms. The van der Waals surface area contributed by atoms with Gasteiger partial charge >= 0.3 is 0 Å². The Labute approximate surface area is 99.1 Å². The van der Waals surface area contributed by atoms with Crippen molar-refractivity contribution in [1.29, 1.82) is 0 Å². The molecule has 0 aliphatic carbocycles. The van der Waals surface area contributed by atoms with Gasteiger partial charge in [-0.1, -0.05) is 52.3 Å². The van der Waals surface area contributed by atoms with Crippen molar-refractivity contribution in [3.63, 3.8) is 0 Å². The molecule has 0 aliphatic heterocycles. The molecule has 0 atom stereocenters. The minimum Gasteiger partial charge on any atom is -0.0620 e. The fourth-order valence-electron chi connectivity index (χ4n) is 1.71. The van der Waals surface area contributed by atoms with Crippen LogP contribution >= 0.6 is 15.9 Å². The Morgan fingerprint density at radius 2 is 1.60 bits per heavy atom. The lowest BCUT2D eigenvalue weighted by molar-refractivity contribution is 1.41. The minimum atomic E-state index is 1.16. The van der Waals surface area contributed by atoms with E-state index in [9.17, 15) is 0 Å². The van der Waals surface area contributed by atoms with Crippen LogP contribution in [0.1, 0.15) is 11.1 Å². The highest BCUT2D eigenvalue weighted by molar-refractivity contribution is 9.10. The molecule has 0 radical (unpaired) electrons. The van der Waals surface area contributed by atoms with Crippen LogP contribution in [0.15, 0.2) is 46.9 Å². The van der Waals surface area contributed by atoms with Gasteiger partial charge in [0.25, 0.3) is 0 Å². The number of halogens is 1. The normalized spacial score (nSPS) is 10.3. The summed E-state index contributed by atoms with van der Waals surface area (Å²) in [5.74, 6) is 0. The van der Waals surface area contributed by atoms with Gasteiger partial charge in [-0.05, 0) is 42.2 Å². The maximum Gasteiger partial charge on any atom is 0.0256 e. The van der Waals surface area contributed by atoms with Crippen LogP contribution in [0.5, 0.6) is 0 Å². The van der Waals surface area contributed by atoms with Crippen molar-refractivity contribution < 1.29 is 0 Å². The Kier molecular flexibility index (Phi) is 2.92. The Morgan fingerprint density at radius 3 is 2.27 bits per heavy atom. The molecule has 2 aromatic carbocycles. The minimum absolute atomic E-state index is 1.16. The van der Waals surface area contributed by atoms with Gasteiger partial charge in [0.15, 0.2) is 0 Å². The monoisotopic (exact) mass is 260 g/mol. The van der Waals surface area contributed by atoms with Crippen LogP contribution in [-0.4, -0.2) is 0 Å². The van der Waals surface area contributed by atoms with Gasteiger partial charge in [0, 0.05) is 4.47 Å². The highest BCUT2D eigenvalue weighted by Gasteiger charge is 2.04. The number of aryl methyl sites for hydroxylation is 2. The van der Waals surface area contributed by atoms with Gasteiger partial charge < -0.3 is 0 Å². The standard InChI is InChI=1S/C14H13Br/c1-10-7-8-13(14(15)9-10)12-6-4-3-5-11(12)2/h3-9H,1-2H3. The van der Waals surface area contributed by atoms with Crippen molar-refractivity contribution in [2.75, 3.05) is 0 Å². The van der Waals surface area contributed by atoms with Crippen LogP contribution in [0, 0.1) is 13.8 Å². The molecule has 0 N–H and O–H groups in total. The molecule has 0 unspecified atom stereocenters. The average Bonchev–Trinajstić information content (AvgIpc) is 2.20. The predicted molar refractivity (Wildman–Crippen MR) is 69.1 cm³/mol. The fraction of sp³-hybridized carbons (Fsp3) is 0.143. The smallest absolute Gasteiger partial charge is 0.0256 e. The van der Waals surface area contributed by atoms with Crippen LogP contribution < -0.4 is 0 Å². The number of hydrogen-bond donors (Lipinski definition) is 0. The van der Waals surface area contributed by atoms with Gasteiger partial charge in [-0.15, -0.1) is 0 Å². The SMILES string of the molecule is Cc1ccc(-c2ccccc2C)c(Br)c1. The van der Waals surface area contributed by atoms with Gasteiger partial charge in [0.1, 0.15) is 0 Å². The van der Waals surface area contributed by atoms with Crippen LogP contribution in [0.4, 0.5) is 0 Å². The van der Waals surface area contributed by atoms with Crippen molar-refractivity contribution in [1.82, 2.24) is 0 Å². The second-order valence-corrected chi connectivity index (χ2v) is 4.65. The zero-order valence-corrected chi connectivity index (χ0v) is 10.5. The Balaban J connectivity index is 2.60. The Bertz CT molecular complexity index is 486. The van der Waals surface area contributed by atoms with Crippen LogP contribution in [0.3, 0.4) is 0 Å². The zero-order chi connectivity index (χ0) is 10.8. The van der Waals surface area contributed by atoms with E-state index in [0.717, 1.165) is 4.47 Å². The van der Waals surface area contributed by atoms with Crippen molar-refractivity contribution >= 4 is 15.9 Å². The first-order chi connectivity index (χ1) is 7.18. The lowest BCUT2D eigenvalue weighted by atomic mass is 10.00. The highest BCUT2D eigenvalue weighted by atomic mass is 79.9. The second-order valence-electron chi connectivity index (χ2n) is 3.80. The van der Waals surface area contributed by atoms with Gasteiger partial charge in [-0.25, -0.2) is 0 Å². The summed E-state index contributed by atoms with van der Waals surface area (Å²) < 4.78 is 1.16. The molecule has 0 spiro atoms. The third-order valence-corrected chi connectivity index (χ3v) is 3.22. The molecule has 0 aromatic heterocycles. The summed E-state index contributed by atoms with van der Waals surface area (Å²) in [6.07, 6.45) is 0. The van der Waals surface area contributed by atoms with E-state index in [2.05, 4.69) is 72.2 Å². The molecule has 1 heteroatoms. The summed E-state index contributed by atoms with van der Waals surface area (Å²) >= 11 is 3.62. The molecular formula is C14H13Br. The van der Waals surface area contributed by atoms with E-state index >= 15 is 0 Å². The molecule has 0 fully saturated rings. The van der Waals surface area contributed by atoms with Crippen LogP contribution in [-0.2, 0) is 0 Å². The van der Waals surface area contributed by atoms with E-state index in [0.29, 0.717) is 0 Å². The van der Waals surface area contributed by atoms with E-state index < -0.39 is 0 Å². The lowest BCUT2D eigenvalue weighted by Gasteiger charge is -2.08. The molecule has 0 aliphatic rings. The fourth-order valence-corrected chi connectivity index (χ4v) is 2.42. The quantitative estimate of drug-likeness (QED) is 0.696. The van der Waals surface area contributed by atoms with Gasteiger partial charge in [0.05, 0.1) is 0 Å². The van der Waals surface area contributed by atoms with Crippen LogP contribution in [0.2, 0.25) is 0 Å². The van der Waals surface area contributed by atoms with E-state index in [1.54, 1.807) is 0 Å². The Morgan fingerprint density at radius 1 is 0.867 bits per heavy atom. The molecule has 15 heavy (non-hydrogen) atoms. The summed E-state index contributed by atoms with van der Waals surface area (Å²) in [7, 11) is 0. The van der Waals surface area contributed by atoms with E-state index in [1.165, 1.54) is 22.3 Å². The van der Waals surface area contributed by atoms with E-state index in [4.69, 9.17) is 0 Å². The van der Waals surface area contributed by atoms with Crippen molar-refractivity contribution in [2.45, 2.75) is 13.8 Å². The number of rotatable bonds is 1. The molecular weight excluding hydrogens is 248 g/mol. The third kappa shape index (κ3) is 2.13. The summed E-state index contributed by atoms with van der Waals surface area (Å²) in [6, 6.07) is 14.9. The van der Waals surface area contributed by atoms with Crippen molar-refractivity contribution in [3.8, 4) is 11.1 Å². The number of hydrogen-bond acceptors (Lipinski definition) is 0. The topological polar surface area (TPSA) is 0 Å². The maximum atomic E-state index is 3.62. The first-order valence-electron chi connectivity index (χ1n) is 5.00. The predicted octanol–water partition coefficient (Wildman–Crippen LogP) is 4.73. The van der Waals surface area contributed by atoms with Gasteiger partial charge in [-0.3, -0.25) is 0 Å². The highest BCUT2D eigenvalue weighted by Crippen LogP contribution is 2.30. The maximum absolute atomic E-state index is 3.62. The Hall–Kier alpha value is -1.08. The third-order valence-electron chi connectivity index (χ3n) is 2.56. The van der Waals surface area contributed by atoms with Crippen molar-refractivity contribution in [2.24, 2.45) is 0 Å². The lowest BCUT2D eigenvalue weighted by Crippen LogP contribution is -1.84. The summed E-state index contributed by atoms with van der Waals surface area (Å²) in [6.45, 7) is 4.24. The van der Waals surface area contributed by atoms with E-state index in [1.807, 2.05) is 0 Å². The first-order valence-corrected chi connectivity index (χ1v) is 5.80. The molecule has 76 valence electrons. The van der Waals surface area contributed by atoms with Crippen molar-refractivity contribution in [3.05, 3.63) is 58.1 Å². The molecule has 2 aromatic rings. The molecule has 0 amide bonds. The zero-order valence-electron chi connectivity index (χ0n) is 8.92. The molecule has 0 heterocycles. The summed E-state index contributed by atoms with van der Waals surface area (Å²) in [4.78, 5) is 0.